The molecule has 0 unspecified atom stereocenters. The molecule has 2 aliphatic heterocycles. The number of carbonyl (C=O) groups is 3. The van der Waals surface area contributed by atoms with Gasteiger partial charge in [0.15, 0.2) is 0 Å². The largest absolute Gasteiger partial charge is 0.497 e. The molecule has 0 aliphatic carbocycles. The van der Waals surface area contributed by atoms with Gasteiger partial charge in [-0.05, 0) is 74.7 Å². The van der Waals surface area contributed by atoms with Crippen molar-refractivity contribution in [2.75, 3.05) is 51.3 Å². The van der Waals surface area contributed by atoms with E-state index in [1.807, 2.05) is 12.1 Å². The summed E-state index contributed by atoms with van der Waals surface area (Å²) in [6, 6.07) is 14.8. The monoisotopic (exact) mass is 511 g/mol. The lowest BCUT2D eigenvalue weighted by Crippen LogP contribution is -2.51. The van der Waals surface area contributed by atoms with Gasteiger partial charge in [0.25, 0.3) is 0 Å². The van der Waals surface area contributed by atoms with Crippen LogP contribution in [0.1, 0.15) is 29.5 Å². The third-order valence-corrected chi connectivity index (χ3v) is 7.19. The van der Waals surface area contributed by atoms with E-state index in [0.717, 1.165) is 64.4 Å². The van der Waals surface area contributed by atoms with Crippen molar-refractivity contribution in [2.24, 2.45) is 5.92 Å². The van der Waals surface area contributed by atoms with Gasteiger partial charge in [0.2, 0.25) is 5.91 Å². The molecule has 0 saturated carbocycles. The van der Waals surface area contributed by atoms with Crippen LogP contribution in [0, 0.1) is 19.8 Å². The van der Waals surface area contributed by atoms with Gasteiger partial charge >= 0.3 is 11.9 Å². The average molecular weight is 512 g/mol. The number of piperidine rings is 1. The van der Waals surface area contributed by atoms with Crippen molar-refractivity contribution < 1.29 is 29.3 Å². The van der Waals surface area contributed by atoms with Crippen LogP contribution < -0.4 is 9.64 Å². The maximum absolute atomic E-state index is 13.1. The van der Waals surface area contributed by atoms with Crippen molar-refractivity contribution in [3.05, 3.63) is 59.2 Å². The predicted octanol–water partition coefficient (Wildman–Crippen LogP) is 3.03. The van der Waals surface area contributed by atoms with Crippen LogP contribution in [0.3, 0.4) is 0 Å². The first kappa shape index (κ1) is 28.0. The fourth-order valence-electron chi connectivity index (χ4n) is 4.83. The minimum atomic E-state index is -1.82. The highest BCUT2D eigenvalue weighted by atomic mass is 16.5. The normalized spacial score (nSPS) is 16.5. The second-order valence-electron chi connectivity index (χ2n) is 9.54. The van der Waals surface area contributed by atoms with Gasteiger partial charge in [0.1, 0.15) is 5.75 Å². The molecule has 2 saturated heterocycles. The third-order valence-electron chi connectivity index (χ3n) is 7.19. The number of hydrogen-bond donors (Lipinski definition) is 2. The van der Waals surface area contributed by atoms with E-state index in [9.17, 15) is 4.79 Å². The van der Waals surface area contributed by atoms with Gasteiger partial charge < -0.3 is 24.7 Å². The molecular weight excluding hydrogens is 474 g/mol. The van der Waals surface area contributed by atoms with Gasteiger partial charge in [-0.25, -0.2) is 9.59 Å². The molecule has 0 bridgehead atoms. The number of carboxylic acid groups (broad SMARTS) is 2. The molecule has 2 aromatic rings. The second kappa shape index (κ2) is 13.1. The van der Waals surface area contributed by atoms with Crippen LogP contribution in [0.2, 0.25) is 0 Å². The molecule has 9 nitrogen and oxygen atoms in total. The van der Waals surface area contributed by atoms with Crippen molar-refractivity contribution in [1.82, 2.24) is 9.80 Å². The summed E-state index contributed by atoms with van der Waals surface area (Å²) in [5.41, 5.74) is 5.30. The Hall–Kier alpha value is -3.59. The van der Waals surface area contributed by atoms with Gasteiger partial charge in [-0.15, -0.1) is 0 Å². The fraction of sp³-hybridized carbons (Fsp3) is 0.464. The van der Waals surface area contributed by atoms with Crippen molar-refractivity contribution in [2.45, 2.75) is 33.2 Å². The van der Waals surface area contributed by atoms with Gasteiger partial charge in [-0.3, -0.25) is 9.69 Å². The van der Waals surface area contributed by atoms with E-state index in [1.54, 1.807) is 7.11 Å². The first-order valence-electron chi connectivity index (χ1n) is 12.6. The van der Waals surface area contributed by atoms with E-state index in [-0.39, 0.29) is 5.92 Å². The van der Waals surface area contributed by atoms with Crippen LogP contribution in [-0.2, 0) is 20.9 Å². The number of carboxylic acids is 2. The summed E-state index contributed by atoms with van der Waals surface area (Å²) >= 11 is 0. The summed E-state index contributed by atoms with van der Waals surface area (Å²) in [4.78, 5) is 38.3. The van der Waals surface area contributed by atoms with Crippen LogP contribution in [0.4, 0.5) is 5.69 Å². The summed E-state index contributed by atoms with van der Waals surface area (Å²) in [6.45, 7) is 10.8. The van der Waals surface area contributed by atoms with Crippen molar-refractivity contribution in [3.8, 4) is 5.75 Å². The number of nitrogens with zero attached hydrogens (tertiary/aromatic N) is 3. The molecule has 2 aliphatic rings. The van der Waals surface area contributed by atoms with Gasteiger partial charge in [-0.1, -0.05) is 24.3 Å². The van der Waals surface area contributed by atoms with E-state index >= 15 is 0 Å². The number of aliphatic carboxylic acids is 2. The number of rotatable bonds is 5. The molecule has 1 amide bonds. The van der Waals surface area contributed by atoms with Crippen LogP contribution in [0.25, 0.3) is 0 Å². The predicted molar refractivity (Wildman–Crippen MR) is 141 cm³/mol. The zero-order valence-corrected chi connectivity index (χ0v) is 21.9. The molecule has 9 heteroatoms. The van der Waals surface area contributed by atoms with Gasteiger partial charge in [0.05, 0.1) is 7.11 Å². The number of methoxy groups -OCH3 is 1. The van der Waals surface area contributed by atoms with Crippen LogP contribution >= 0.6 is 0 Å². The third kappa shape index (κ3) is 7.69. The summed E-state index contributed by atoms with van der Waals surface area (Å²) in [5, 5.41) is 14.8. The minimum Gasteiger partial charge on any atom is -0.497 e. The Kier molecular flexibility index (Phi) is 9.91. The highest BCUT2D eigenvalue weighted by Crippen LogP contribution is 2.26. The maximum atomic E-state index is 13.1. The van der Waals surface area contributed by atoms with Crippen molar-refractivity contribution >= 4 is 23.5 Å². The summed E-state index contributed by atoms with van der Waals surface area (Å²) in [6.07, 6.45) is 1.93. The number of amides is 1. The molecule has 0 aromatic heterocycles. The quantitative estimate of drug-likeness (QED) is 0.590. The number of anilines is 1. The average Bonchev–Trinajstić information content (AvgIpc) is 2.91. The topological polar surface area (TPSA) is 111 Å². The van der Waals surface area contributed by atoms with E-state index in [1.165, 1.54) is 22.4 Å². The lowest BCUT2D eigenvalue weighted by atomic mass is 9.94. The van der Waals surface area contributed by atoms with Gasteiger partial charge in [0, 0.05) is 44.3 Å². The summed E-state index contributed by atoms with van der Waals surface area (Å²) < 4.78 is 5.24. The number of hydrogen-bond acceptors (Lipinski definition) is 6. The Labute approximate surface area is 218 Å². The lowest BCUT2D eigenvalue weighted by Gasteiger charge is -2.40. The Balaban J connectivity index is 0.000000568. The van der Waals surface area contributed by atoms with E-state index in [4.69, 9.17) is 24.5 Å². The molecule has 2 fully saturated rings. The molecule has 200 valence electrons. The smallest absolute Gasteiger partial charge is 0.414 e. The zero-order chi connectivity index (χ0) is 26.9. The van der Waals surface area contributed by atoms with Gasteiger partial charge in [-0.2, -0.15) is 0 Å². The number of likely N-dealkylation sites (tertiary alicyclic amines) is 1. The highest BCUT2D eigenvalue weighted by molar-refractivity contribution is 6.27. The number of carbonyl (C=O) groups excluding carboxylic acids is 1. The number of ether oxygens (including phenoxy) is 1. The van der Waals surface area contributed by atoms with E-state index in [2.05, 4.69) is 58.9 Å². The standard InChI is InChI=1S/C26H35N3O2.C2H2O4/c1-20-5-4-6-25(21(20)2)28-15-17-29(18-16-28)26(30)23-11-13-27(14-12-23)19-22-7-9-24(31-3)10-8-22;3-1(4)2(5)6/h4-10,23H,11-19H2,1-3H3;(H,3,4)(H,5,6). The SMILES string of the molecule is COc1ccc(CN2CCC(C(=O)N3CCN(c4cccc(C)c4C)CC3)CC2)cc1.O=C(O)C(=O)O. The molecule has 2 aromatic carbocycles. The van der Waals surface area contributed by atoms with Crippen LogP contribution in [-0.4, -0.2) is 84.2 Å². The second-order valence-corrected chi connectivity index (χ2v) is 9.54. The molecular formula is C28H37N3O6. The van der Waals surface area contributed by atoms with Crippen molar-refractivity contribution in [3.63, 3.8) is 0 Å². The lowest BCUT2D eigenvalue weighted by molar-refractivity contribution is -0.159. The Morgan fingerprint density at radius 2 is 1.46 bits per heavy atom. The summed E-state index contributed by atoms with van der Waals surface area (Å²) in [5.74, 6) is -2.21. The Morgan fingerprint density at radius 1 is 0.865 bits per heavy atom. The van der Waals surface area contributed by atoms with Crippen LogP contribution in [0.15, 0.2) is 42.5 Å². The minimum absolute atomic E-state index is 0.180. The molecule has 4 rings (SSSR count). The molecule has 0 spiro atoms. The molecule has 37 heavy (non-hydrogen) atoms. The fourth-order valence-corrected chi connectivity index (χ4v) is 4.83. The number of piperazine rings is 1. The van der Waals surface area contributed by atoms with Crippen molar-refractivity contribution in [1.29, 1.82) is 0 Å². The van der Waals surface area contributed by atoms with E-state index in [0.29, 0.717) is 5.91 Å². The Morgan fingerprint density at radius 3 is 2.00 bits per heavy atom. The maximum Gasteiger partial charge on any atom is 0.414 e. The first-order chi connectivity index (χ1) is 17.7. The molecule has 2 N–H and O–H groups in total. The number of benzene rings is 2. The number of aryl methyl sites for hydroxylation is 1. The first-order valence-corrected chi connectivity index (χ1v) is 12.6. The molecule has 2 heterocycles. The summed E-state index contributed by atoms with van der Waals surface area (Å²) in [7, 11) is 1.69. The highest BCUT2D eigenvalue weighted by Gasteiger charge is 2.30. The molecule has 0 atom stereocenters. The van der Waals surface area contributed by atoms with E-state index < -0.39 is 11.9 Å². The molecule has 0 radical (unpaired) electrons. The zero-order valence-electron chi connectivity index (χ0n) is 21.9. The Bertz CT molecular complexity index is 1060. The van der Waals surface area contributed by atoms with Crippen LogP contribution in [0.5, 0.6) is 5.75 Å².